The second kappa shape index (κ2) is 19.7. The topological polar surface area (TPSA) is 152 Å². The summed E-state index contributed by atoms with van der Waals surface area (Å²) < 4.78 is 0. The summed E-state index contributed by atoms with van der Waals surface area (Å²) in [7, 11) is 0. The molecule has 50 heavy (non-hydrogen) atoms. The van der Waals surface area contributed by atoms with Crippen molar-refractivity contribution in [3.8, 4) is 0 Å². The van der Waals surface area contributed by atoms with Gasteiger partial charge in [-0.05, 0) is 54.5 Å². The summed E-state index contributed by atoms with van der Waals surface area (Å²) in [6, 6.07) is 10.7. The molecule has 272 valence electrons. The molecule has 1 heterocycles. The van der Waals surface area contributed by atoms with E-state index in [0.717, 1.165) is 42.1 Å². The molecule has 4 N–H and O–H groups in total. The number of fused-ring (bicyclic) bond motifs is 1. The smallest absolute Gasteiger partial charge is 0.326 e. The van der Waals surface area contributed by atoms with Crippen LogP contribution in [-0.4, -0.2) is 87.2 Å². The first-order valence-electron chi connectivity index (χ1n) is 17.5. The van der Waals surface area contributed by atoms with Gasteiger partial charge in [0.05, 0.1) is 0 Å². The standard InChI is InChI=1S/C38H52ClN5O6/c1-6-8-18-43(19-9-7-2)35(46)24-44(26(5)45)34(20-25(3)4)37(48)41-32(22-28-23-40-31-13-11-10-12-30(28)31)36(47)42-33(38(49)50)21-27-14-16-29(39)17-15-27/h10-17,23,25,32-34,40H,6-9,18-22,24H2,1-5H3,(H,41,48)(H,42,47)(H,49,50)/t32-,33+,34?/m1/s1. The summed E-state index contributed by atoms with van der Waals surface area (Å²) in [5.74, 6) is -3.22. The lowest BCUT2D eigenvalue weighted by molar-refractivity contribution is -0.146. The number of hydrogen-bond acceptors (Lipinski definition) is 5. The predicted octanol–water partition coefficient (Wildman–Crippen LogP) is 5.35. The molecule has 12 heteroatoms. The first kappa shape index (κ1) is 40.1. The fourth-order valence-electron chi connectivity index (χ4n) is 5.89. The van der Waals surface area contributed by atoms with Crippen molar-refractivity contribution in [1.29, 1.82) is 0 Å². The lowest BCUT2D eigenvalue weighted by atomic mass is 9.99. The number of nitrogens with zero attached hydrogens (tertiary/aromatic N) is 2. The Morgan fingerprint density at radius 2 is 1.48 bits per heavy atom. The average Bonchev–Trinajstić information content (AvgIpc) is 3.48. The third-order valence-electron chi connectivity index (χ3n) is 8.70. The molecule has 0 radical (unpaired) electrons. The molecule has 1 aromatic heterocycles. The number of carbonyl (C=O) groups excluding carboxylic acids is 4. The summed E-state index contributed by atoms with van der Waals surface area (Å²) in [5.41, 5.74) is 2.24. The summed E-state index contributed by atoms with van der Waals surface area (Å²) >= 11 is 6.00. The van der Waals surface area contributed by atoms with E-state index in [9.17, 15) is 29.1 Å². The summed E-state index contributed by atoms with van der Waals surface area (Å²) in [5, 5.41) is 16.9. The van der Waals surface area contributed by atoms with E-state index in [2.05, 4.69) is 15.6 Å². The van der Waals surface area contributed by atoms with Gasteiger partial charge in [0.25, 0.3) is 0 Å². The number of benzene rings is 2. The number of carboxylic acid groups (broad SMARTS) is 1. The van der Waals surface area contributed by atoms with E-state index < -0.39 is 41.8 Å². The van der Waals surface area contributed by atoms with Crippen LogP contribution in [-0.2, 0) is 36.8 Å². The van der Waals surface area contributed by atoms with Gasteiger partial charge in [0.15, 0.2) is 0 Å². The van der Waals surface area contributed by atoms with Crippen LogP contribution in [0.1, 0.15) is 77.8 Å². The molecule has 4 amide bonds. The number of halogens is 1. The van der Waals surface area contributed by atoms with Crippen LogP contribution >= 0.6 is 11.6 Å². The molecule has 0 saturated carbocycles. The second-order valence-electron chi connectivity index (χ2n) is 13.2. The maximum atomic E-state index is 14.2. The SMILES string of the molecule is CCCCN(CCCC)C(=O)CN(C(C)=O)C(CC(C)C)C(=O)N[C@H](Cc1c[nH]c2ccccc12)C(=O)N[C@@H](Cc1ccc(Cl)cc1)C(=O)O. The number of rotatable bonds is 20. The maximum absolute atomic E-state index is 14.2. The van der Waals surface area contributed by atoms with Crippen molar-refractivity contribution in [2.75, 3.05) is 19.6 Å². The summed E-state index contributed by atoms with van der Waals surface area (Å²) in [4.78, 5) is 73.4. The predicted molar refractivity (Wildman–Crippen MR) is 196 cm³/mol. The lowest BCUT2D eigenvalue weighted by Crippen LogP contribution is -2.58. The van der Waals surface area contributed by atoms with Crippen LogP contribution < -0.4 is 10.6 Å². The van der Waals surface area contributed by atoms with E-state index in [1.165, 1.54) is 11.8 Å². The first-order valence-corrected chi connectivity index (χ1v) is 17.9. The fourth-order valence-corrected chi connectivity index (χ4v) is 6.02. The molecule has 3 atom stereocenters. The molecule has 0 bridgehead atoms. The van der Waals surface area contributed by atoms with Crippen LogP contribution in [0, 0.1) is 5.92 Å². The van der Waals surface area contributed by atoms with Crippen molar-refractivity contribution in [3.05, 3.63) is 70.9 Å². The van der Waals surface area contributed by atoms with Crippen molar-refractivity contribution in [3.63, 3.8) is 0 Å². The Morgan fingerprint density at radius 1 is 0.860 bits per heavy atom. The Hall–Kier alpha value is -4.38. The number of aromatic amines is 1. The van der Waals surface area contributed by atoms with Crippen molar-refractivity contribution in [2.45, 2.75) is 97.7 Å². The molecule has 3 rings (SSSR count). The van der Waals surface area contributed by atoms with Crippen LogP contribution in [0.3, 0.4) is 0 Å². The van der Waals surface area contributed by atoms with Gasteiger partial charge in [-0.3, -0.25) is 19.2 Å². The number of hydrogen-bond donors (Lipinski definition) is 4. The van der Waals surface area contributed by atoms with E-state index in [-0.39, 0.29) is 37.6 Å². The van der Waals surface area contributed by atoms with Gasteiger partial charge in [-0.15, -0.1) is 0 Å². The zero-order valence-corrected chi connectivity index (χ0v) is 30.6. The molecular formula is C38H52ClN5O6. The summed E-state index contributed by atoms with van der Waals surface area (Å²) in [6.07, 6.45) is 5.51. The van der Waals surface area contributed by atoms with E-state index >= 15 is 0 Å². The van der Waals surface area contributed by atoms with Gasteiger partial charge in [0, 0.05) is 55.0 Å². The number of aliphatic carboxylic acids is 1. The second-order valence-corrected chi connectivity index (χ2v) is 13.7. The maximum Gasteiger partial charge on any atom is 0.326 e. The molecule has 0 aliphatic rings. The third-order valence-corrected chi connectivity index (χ3v) is 8.95. The largest absolute Gasteiger partial charge is 0.480 e. The Labute approximate surface area is 300 Å². The highest BCUT2D eigenvalue weighted by Gasteiger charge is 2.35. The molecule has 0 spiro atoms. The molecule has 0 aliphatic carbocycles. The van der Waals surface area contributed by atoms with Crippen molar-refractivity contribution in [1.82, 2.24) is 25.4 Å². The van der Waals surface area contributed by atoms with Gasteiger partial charge < -0.3 is 30.5 Å². The molecular weight excluding hydrogens is 658 g/mol. The fraction of sp³-hybridized carbons (Fsp3) is 0.500. The number of H-pyrrole nitrogens is 1. The van der Waals surface area contributed by atoms with Gasteiger partial charge >= 0.3 is 5.97 Å². The highest BCUT2D eigenvalue weighted by Crippen LogP contribution is 2.21. The number of carboxylic acids is 1. The number of carbonyl (C=O) groups is 5. The van der Waals surface area contributed by atoms with Crippen LogP contribution in [0.4, 0.5) is 0 Å². The van der Waals surface area contributed by atoms with Crippen molar-refractivity contribution < 1.29 is 29.1 Å². The van der Waals surface area contributed by atoms with Crippen molar-refractivity contribution in [2.24, 2.45) is 5.92 Å². The number of amides is 4. The third kappa shape index (κ3) is 11.9. The van der Waals surface area contributed by atoms with E-state index in [0.29, 0.717) is 23.7 Å². The molecule has 2 aromatic carbocycles. The lowest BCUT2D eigenvalue weighted by Gasteiger charge is -2.34. The van der Waals surface area contributed by atoms with Crippen LogP contribution in [0.25, 0.3) is 10.9 Å². The number of unbranched alkanes of at least 4 members (excludes halogenated alkanes) is 2. The molecule has 3 aromatic rings. The number of nitrogens with one attached hydrogen (secondary N) is 3. The van der Waals surface area contributed by atoms with Crippen LogP contribution in [0.2, 0.25) is 5.02 Å². The minimum atomic E-state index is -1.29. The molecule has 1 unspecified atom stereocenters. The van der Waals surface area contributed by atoms with Crippen LogP contribution in [0.5, 0.6) is 0 Å². The Kier molecular flexibility index (Phi) is 15.8. The number of aromatic nitrogens is 1. The molecule has 11 nitrogen and oxygen atoms in total. The molecule has 0 saturated heterocycles. The summed E-state index contributed by atoms with van der Waals surface area (Å²) in [6.45, 7) is 10.1. The van der Waals surface area contributed by atoms with Gasteiger partial charge in [0.1, 0.15) is 24.7 Å². The Morgan fingerprint density at radius 3 is 2.06 bits per heavy atom. The molecule has 0 aliphatic heterocycles. The Balaban J connectivity index is 1.93. The van der Waals surface area contributed by atoms with Gasteiger partial charge in [0.2, 0.25) is 23.6 Å². The normalized spacial score (nSPS) is 13.0. The zero-order valence-electron chi connectivity index (χ0n) is 29.8. The monoisotopic (exact) mass is 709 g/mol. The highest BCUT2D eigenvalue weighted by molar-refractivity contribution is 6.30. The van der Waals surface area contributed by atoms with Gasteiger partial charge in [-0.25, -0.2) is 4.79 Å². The van der Waals surface area contributed by atoms with Crippen molar-refractivity contribution >= 4 is 52.1 Å². The van der Waals surface area contributed by atoms with E-state index in [4.69, 9.17) is 11.6 Å². The Bertz CT molecular complexity index is 1580. The van der Waals surface area contributed by atoms with E-state index in [1.807, 2.05) is 52.0 Å². The first-order chi connectivity index (χ1) is 23.8. The minimum Gasteiger partial charge on any atom is -0.480 e. The molecule has 0 fully saturated rings. The quantitative estimate of drug-likeness (QED) is 0.124. The minimum absolute atomic E-state index is 0.00520. The average molecular weight is 710 g/mol. The number of para-hydroxylation sites is 1. The van der Waals surface area contributed by atoms with E-state index in [1.54, 1.807) is 35.4 Å². The highest BCUT2D eigenvalue weighted by atomic mass is 35.5. The van der Waals surface area contributed by atoms with Gasteiger partial charge in [-0.1, -0.05) is 82.5 Å². The zero-order chi connectivity index (χ0) is 36.8. The van der Waals surface area contributed by atoms with Gasteiger partial charge in [-0.2, -0.15) is 0 Å². The van der Waals surface area contributed by atoms with Crippen LogP contribution in [0.15, 0.2) is 54.7 Å².